The molecule has 1 aliphatic heterocycles. The predicted octanol–water partition coefficient (Wildman–Crippen LogP) is 2.00. The Hall–Kier alpha value is -0.640. The van der Waals surface area contributed by atoms with Crippen LogP contribution in [0.1, 0.15) is 25.0 Å². The fraction of sp³-hybridized carbons (Fsp3) is 0.500. The molecular formula is C12H18Cl2NO2+. The minimum absolute atomic E-state index is 0.228. The van der Waals surface area contributed by atoms with Gasteiger partial charge in [-0.25, -0.2) is 0 Å². The quantitative estimate of drug-likeness (QED) is 0.636. The van der Waals surface area contributed by atoms with Crippen LogP contribution >= 0.6 is 23.2 Å². The van der Waals surface area contributed by atoms with E-state index in [4.69, 9.17) is 23.2 Å². The smallest absolute Gasteiger partial charge is 0.178 e. The first-order chi connectivity index (χ1) is 8.02. The minimum Gasteiger partial charge on any atom is -0.503 e. The highest BCUT2D eigenvalue weighted by molar-refractivity contribution is 6.36. The third-order valence-electron chi connectivity index (χ3n) is 2.81. The number of rotatable bonds is 0. The van der Waals surface area contributed by atoms with Crippen molar-refractivity contribution in [3.8, 4) is 11.5 Å². The molecule has 96 valence electrons. The van der Waals surface area contributed by atoms with E-state index in [1.807, 2.05) is 13.8 Å². The summed E-state index contributed by atoms with van der Waals surface area (Å²) < 4.78 is 0. The van der Waals surface area contributed by atoms with Crippen LogP contribution in [0.5, 0.6) is 11.5 Å². The fourth-order valence-electron chi connectivity index (χ4n) is 1.93. The third-order valence-corrected chi connectivity index (χ3v) is 3.63. The Morgan fingerprint density at radius 2 is 1.47 bits per heavy atom. The van der Waals surface area contributed by atoms with Crippen LogP contribution in [-0.2, 0) is 13.0 Å². The lowest BCUT2D eigenvalue weighted by molar-refractivity contribution is -0.895. The van der Waals surface area contributed by atoms with Crippen molar-refractivity contribution < 1.29 is 15.1 Å². The maximum Gasteiger partial charge on any atom is 0.178 e. The van der Waals surface area contributed by atoms with Crippen LogP contribution in [0.2, 0.25) is 10.0 Å². The van der Waals surface area contributed by atoms with Crippen molar-refractivity contribution in [2.75, 3.05) is 13.6 Å². The lowest BCUT2D eigenvalue weighted by atomic mass is 9.99. The van der Waals surface area contributed by atoms with Crippen LogP contribution in [0, 0.1) is 0 Å². The van der Waals surface area contributed by atoms with E-state index >= 15 is 0 Å². The van der Waals surface area contributed by atoms with Gasteiger partial charge in [-0.3, -0.25) is 0 Å². The van der Waals surface area contributed by atoms with Gasteiger partial charge in [0.1, 0.15) is 6.54 Å². The molecule has 17 heavy (non-hydrogen) atoms. The van der Waals surface area contributed by atoms with Crippen LogP contribution in [0.25, 0.3) is 0 Å². The van der Waals surface area contributed by atoms with Gasteiger partial charge in [-0.1, -0.05) is 37.0 Å². The zero-order valence-corrected chi connectivity index (χ0v) is 11.8. The normalized spacial score (nSPS) is 18.1. The van der Waals surface area contributed by atoms with Gasteiger partial charge in [0.25, 0.3) is 0 Å². The Labute approximate surface area is 112 Å². The number of phenolic OH excluding ortho intramolecular Hbond substituents is 2. The van der Waals surface area contributed by atoms with E-state index in [1.54, 1.807) is 0 Å². The molecule has 5 heteroatoms. The largest absolute Gasteiger partial charge is 0.503 e. The number of halogens is 2. The number of benzene rings is 1. The number of aromatic hydroxyl groups is 2. The van der Waals surface area contributed by atoms with Gasteiger partial charge in [0.15, 0.2) is 11.5 Å². The predicted molar refractivity (Wildman–Crippen MR) is 70.3 cm³/mol. The summed E-state index contributed by atoms with van der Waals surface area (Å²) in [4.78, 5) is 1.31. The van der Waals surface area contributed by atoms with Crippen molar-refractivity contribution in [3.63, 3.8) is 0 Å². The number of nitrogens with one attached hydrogen (secondary N) is 1. The Bertz CT molecular complexity index is 422. The van der Waals surface area contributed by atoms with Gasteiger partial charge in [-0.2, -0.15) is 0 Å². The Kier molecular flexibility index (Phi) is 4.92. The van der Waals surface area contributed by atoms with Crippen LogP contribution in [0.4, 0.5) is 0 Å². The van der Waals surface area contributed by atoms with Crippen molar-refractivity contribution in [1.82, 2.24) is 0 Å². The number of likely N-dealkylation sites (N-methyl/N-ethyl adjacent to an activating group) is 1. The van der Waals surface area contributed by atoms with E-state index in [1.165, 1.54) is 4.90 Å². The molecule has 0 spiro atoms. The number of phenols is 2. The first-order valence-corrected chi connectivity index (χ1v) is 6.50. The topological polar surface area (TPSA) is 44.9 Å². The maximum absolute atomic E-state index is 9.55. The van der Waals surface area contributed by atoms with Crippen molar-refractivity contribution >= 4 is 23.2 Å². The molecule has 0 saturated heterocycles. The maximum atomic E-state index is 9.55. The molecule has 1 heterocycles. The molecule has 1 atom stereocenters. The zero-order chi connectivity index (χ0) is 13.2. The van der Waals surface area contributed by atoms with Crippen LogP contribution in [-0.4, -0.2) is 23.8 Å². The molecule has 1 unspecified atom stereocenters. The Morgan fingerprint density at radius 1 is 1.00 bits per heavy atom. The van der Waals surface area contributed by atoms with Gasteiger partial charge in [0.2, 0.25) is 0 Å². The molecule has 2 rings (SSSR count). The van der Waals surface area contributed by atoms with Gasteiger partial charge in [0.05, 0.1) is 23.6 Å². The number of hydrogen-bond donors (Lipinski definition) is 3. The van der Waals surface area contributed by atoms with Gasteiger partial charge >= 0.3 is 0 Å². The Morgan fingerprint density at radius 3 is 2.00 bits per heavy atom. The first kappa shape index (κ1) is 14.4. The lowest BCUT2D eigenvalue weighted by Crippen LogP contribution is -3.08. The van der Waals surface area contributed by atoms with Crippen LogP contribution < -0.4 is 4.90 Å². The summed E-state index contributed by atoms with van der Waals surface area (Å²) in [6.45, 7) is 5.68. The second kappa shape index (κ2) is 5.80. The molecule has 1 aliphatic rings. The summed E-state index contributed by atoms with van der Waals surface area (Å²) >= 11 is 11.9. The minimum atomic E-state index is -0.310. The lowest BCUT2D eigenvalue weighted by Gasteiger charge is -2.24. The van der Waals surface area contributed by atoms with Crippen molar-refractivity contribution in [1.29, 1.82) is 0 Å². The van der Waals surface area contributed by atoms with Gasteiger partial charge < -0.3 is 15.1 Å². The molecule has 0 fully saturated rings. The van der Waals surface area contributed by atoms with E-state index in [-0.39, 0.29) is 21.5 Å². The third kappa shape index (κ3) is 2.62. The van der Waals surface area contributed by atoms with E-state index in [0.717, 1.165) is 30.6 Å². The van der Waals surface area contributed by atoms with E-state index in [0.29, 0.717) is 0 Å². The van der Waals surface area contributed by atoms with Gasteiger partial charge in [-0.15, -0.1) is 0 Å². The summed E-state index contributed by atoms with van der Waals surface area (Å²) in [6, 6.07) is 0. The molecular weight excluding hydrogens is 261 g/mol. The highest BCUT2D eigenvalue weighted by Crippen LogP contribution is 2.44. The number of quaternary nitrogens is 1. The van der Waals surface area contributed by atoms with Crippen LogP contribution in [0.3, 0.4) is 0 Å². The van der Waals surface area contributed by atoms with Crippen molar-refractivity contribution in [2.24, 2.45) is 0 Å². The highest BCUT2D eigenvalue weighted by atomic mass is 35.5. The summed E-state index contributed by atoms with van der Waals surface area (Å²) in [6.07, 6.45) is 0.771. The molecule has 3 N–H and O–H groups in total. The molecule has 0 aliphatic carbocycles. The molecule has 3 nitrogen and oxygen atoms in total. The second-order valence-electron chi connectivity index (χ2n) is 3.92. The molecule has 1 aromatic carbocycles. The van der Waals surface area contributed by atoms with Gasteiger partial charge in [-0.05, 0) is 5.56 Å². The second-order valence-corrected chi connectivity index (χ2v) is 4.67. The van der Waals surface area contributed by atoms with Crippen LogP contribution in [0.15, 0.2) is 0 Å². The summed E-state index contributed by atoms with van der Waals surface area (Å²) in [5.41, 5.74) is 1.71. The Balaban J connectivity index is 0.000000686. The average molecular weight is 279 g/mol. The average Bonchev–Trinajstić information content (AvgIpc) is 2.36. The van der Waals surface area contributed by atoms with E-state index in [9.17, 15) is 10.2 Å². The molecule has 0 amide bonds. The van der Waals surface area contributed by atoms with Gasteiger partial charge in [0, 0.05) is 12.0 Å². The van der Waals surface area contributed by atoms with Crippen molar-refractivity contribution in [2.45, 2.75) is 26.8 Å². The van der Waals surface area contributed by atoms with E-state index in [2.05, 4.69) is 7.05 Å². The summed E-state index contributed by atoms with van der Waals surface area (Å²) in [5.74, 6) is -0.616. The standard InChI is InChI=1S/C10H11Cl2NO2.C2H6/c1-13-3-2-5-6(4-13)8(12)10(15)9(14)7(5)11;1-2/h14-15H,2-4H2,1H3;1-2H3/p+1. The molecule has 0 radical (unpaired) electrons. The van der Waals surface area contributed by atoms with E-state index < -0.39 is 0 Å². The zero-order valence-electron chi connectivity index (χ0n) is 10.3. The molecule has 1 aromatic rings. The van der Waals surface area contributed by atoms with Crippen molar-refractivity contribution in [3.05, 3.63) is 21.2 Å². The summed E-state index contributed by atoms with van der Waals surface area (Å²) in [5, 5.41) is 19.6. The monoisotopic (exact) mass is 278 g/mol. The SMILES string of the molecule is CC.C[NH+]1CCc2c(Cl)c(O)c(O)c(Cl)c2C1. The number of hydrogen-bond acceptors (Lipinski definition) is 2. The molecule has 0 bridgehead atoms. The molecule has 0 aromatic heterocycles. The first-order valence-electron chi connectivity index (χ1n) is 5.74. The summed E-state index contributed by atoms with van der Waals surface area (Å²) in [7, 11) is 2.05. The molecule has 0 saturated carbocycles. The fourth-order valence-corrected chi connectivity index (χ4v) is 2.50. The number of fused-ring (bicyclic) bond motifs is 1. The highest BCUT2D eigenvalue weighted by Gasteiger charge is 2.27.